The highest BCUT2D eigenvalue weighted by atomic mass is 16.6. The molecule has 0 bridgehead atoms. The Balaban J connectivity index is 2.60. The van der Waals surface area contributed by atoms with Gasteiger partial charge in [0.1, 0.15) is 18.8 Å². The van der Waals surface area contributed by atoms with Crippen molar-refractivity contribution >= 4 is 18.0 Å². The average molecular weight is 337 g/mol. The third kappa shape index (κ3) is 8.17. The van der Waals surface area contributed by atoms with Gasteiger partial charge in [-0.15, -0.1) is 0 Å². The molecule has 0 radical (unpaired) electrons. The molecule has 0 unspecified atom stereocenters. The van der Waals surface area contributed by atoms with Crippen LogP contribution in [0.15, 0.2) is 30.3 Å². The summed E-state index contributed by atoms with van der Waals surface area (Å²) in [6, 6.07) is 9.11. The Morgan fingerprint density at radius 1 is 1.12 bits per heavy atom. The minimum atomic E-state index is -1.07. The quantitative estimate of drug-likeness (QED) is 0.768. The van der Waals surface area contributed by atoms with Crippen LogP contribution < -0.4 is 0 Å². The highest BCUT2D eigenvalue weighted by Gasteiger charge is 2.25. The first-order chi connectivity index (χ1) is 11.2. The second-order valence-corrected chi connectivity index (χ2v) is 6.19. The van der Waals surface area contributed by atoms with Gasteiger partial charge in [-0.05, 0) is 26.3 Å². The number of hydrogen-bond donors (Lipinski definition) is 1. The van der Waals surface area contributed by atoms with Crippen LogP contribution >= 0.6 is 0 Å². The summed E-state index contributed by atoms with van der Waals surface area (Å²) in [5.41, 5.74) is 0.0761. The van der Waals surface area contributed by atoms with E-state index in [-0.39, 0.29) is 26.1 Å². The topological polar surface area (TPSA) is 93.1 Å². The lowest BCUT2D eigenvalue weighted by Crippen LogP contribution is -2.41. The molecule has 1 aromatic rings. The van der Waals surface area contributed by atoms with Gasteiger partial charge >= 0.3 is 18.0 Å². The molecule has 7 nitrogen and oxygen atoms in total. The SMILES string of the molecule is CC(C)(C)OC(=O)N(CCC(=O)O)CC(=O)OCc1ccccc1. The van der Waals surface area contributed by atoms with Gasteiger partial charge in [-0.25, -0.2) is 4.79 Å². The number of esters is 1. The van der Waals surface area contributed by atoms with E-state index in [2.05, 4.69) is 0 Å². The molecule has 0 aliphatic heterocycles. The molecule has 0 spiro atoms. The lowest BCUT2D eigenvalue weighted by molar-refractivity contribution is -0.147. The first-order valence-electron chi connectivity index (χ1n) is 7.56. The minimum absolute atomic E-state index is 0.0841. The van der Waals surface area contributed by atoms with Crippen molar-refractivity contribution in [2.24, 2.45) is 0 Å². The third-order valence-corrected chi connectivity index (χ3v) is 2.81. The molecule has 132 valence electrons. The van der Waals surface area contributed by atoms with Crippen molar-refractivity contribution in [3.05, 3.63) is 35.9 Å². The molecule has 7 heteroatoms. The van der Waals surface area contributed by atoms with E-state index in [9.17, 15) is 14.4 Å². The van der Waals surface area contributed by atoms with E-state index in [1.54, 1.807) is 20.8 Å². The highest BCUT2D eigenvalue weighted by Crippen LogP contribution is 2.11. The van der Waals surface area contributed by atoms with Crippen LogP contribution in [0, 0.1) is 0 Å². The standard InChI is InChI=1S/C17H23NO6/c1-17(2,3)24-16(22)18(10-9-14(19)20)11-15(21)23-12-13-7-5-4-6-8-13/h4-8H,9-12H2,1-3H3,(H,19,20). The number of carboxylic acid groups (broad SMARTS) is 1. The van der Waals surface area contributed by atoms with Crippen LogP contribution in [0.3, 0.4) is 0 Å². The molecule has 24 heavy (non-hydrogen) atoms. The molecule has 0 aliphatic carbocycles. The van der Waals surface area contributed by atoms with E-state index in [0.29, 0.717) is 0 Å². The van der Waals surface area contributed by atoms with E-state index in [4.69, 9.17) is 14.6 Å². The number of ether oxygens (including phenoxy) is 2. The van der Waals surface area contributed by atoms with Gasteiger partial charge in [0.15, 0.2) is 0 Å². The number of aliphatic carboxylic acids is 1. The van der Waals surface area contributed by atoms with Gasteiger partial charge in [0.2, 0.25) is 0 Å². The first-order valence-corrected chi connectivity index (χ1v) is 7.56. The summed E-state index contributed by atoms with van der Waals surface area (Å²) >= 11 is 0. The maximum atomic E-state index is 12.1. The lowest BCUT2D eigenvalue weighted by Gasteiger charge is -2.26. The largest absolute Gasteiger partial charge is 0.481 e. The van der Waals surface area contributed by atoms with Crippen molar-refractivity contribution in [2.45, 2.75) is 39.4 Å². The highest BCUT2D eigenvalue weighted by molar-refractivity contribution is 5.78. The predicted molar refractivity (Wildman–Crippen MR) is 86.3 cm³/mol. The Bertz CT molecular complexity index is 564. The molecule has 0 heterocycles. The maximum absolute atomic E-state index is 12.1. The zero-order valence-corrected chi connectivity index (χ0v) is 14.2. The number of hydrogen-bond acceptors (Lipinski definition) is 5. The van der Waals surface area contributed by atoms with Crippen LogP contribution in [0.1, 0.15) is 32.8 Å². The maximum Gasteiger partial charge on any atom is 0.410 e. The van der Waals surface area contributed by atoms with Gasteiger partial charge in [0, 0.05) is 6.54 Å². The second kappa shape index (κ2) is 8.90. The zero-order chi connectivity index (χ0) is 18.2. The Hall–Kier alpha value is -2.57. The van der Waals surface area contributed by atoms with E-state index in [0.717, 1.165) is 10.5 Å². The Morgan fingerprint density at radius 2 is 1.75 bits per heavy atom. The summed E-state index contributed by atoms with van der Waals surface area (Å²) in [4.78, 5) is 35.8. The van der Waals surface area contributed by atoms with Gasteiger partial charge in [0.05, 0.1) is 6.42 Å². The zero-order valence-electron chi connectivity index (χ0n) is 14.2. The third-order valence-electron chi connectivity index (χ3n) is 2.81. The van der Waals surface area contributed by atoms with E-state index >= 15 is 0 Å². The number of benzene rings is 1. The summed E-state index contributed by atoms with van der Waals surface area (Å²) in [6.07, 6.45) is -1.04. The smallest absolute Gasteiger partial charge is 0.410 e. The molecule has 0 aliphatic rings. The van der Waals surface area contributed by atoms with Gasteiger partial charge in [-0.2, -0.15) is 0 Å². The Kier molecular flexibility index (Phi) is 7.23. The van der Waals surface area contributed by atoms with E-state index < -0.39 is 23.6 Å². The molecule has 0 atom stereocenters. The molecule has 1 N–H and O–H groups in total. The monoisotopic (exact) mass is 337 g/mol. The number of rotatable bonds is 7. The summed E-state index contributed by atoms with van der Waals surface area (Å²) in [6.45, 7) is 4.65. The van der Waals surface area contributed by atoms with Crippen molar-refractivity contribution in [1.29, 1.82) is 0 Å². The van der Waals surface area contributed by atoms with Crippen LogP contribution in [0.2, 0.25) is 0 Å². The van der Waals surface area contributed by atoms with Gasteiger partial charge in [-0.1, -0.05) is 30.3 Å². The normalized spacial score (nSPS) is 10.8. The minimum Gasteiger partial charge on any atom is -0.481 e. The molecular formula is C17H23NO6. The number of nitrogens with zero attached hydrogens (tertiary/aromatic N) is 1. The molecule has 1 aromatic carbocycles. The van der Waals surface area contributed by atoms with Gasteiger partial charge in [0.25, 0.3) is 0 Å². The van der Waals surface area contributed by atoms with Crippen molar-refractivity contribution in [3.8, 4) is 0 Å². The van der Waals surface area contributed by atoms with Crippen molar-refractivity contribution in [3.63, 3.8) is 0 Å². The van der Waals surface area contributed by atoms with Crippen molar-refractivity contribution in [2.75, 3.05) is 13.1 Å². The lowest BCUT2D eigenvalue weighted by atomic mass is 10.2. The average Bonchev–Trinajstić information content (AvgIpc) is 2.48. The number of carboxylic acids is 1. The van der Waals surface area contributed by atoms with Crippen LogP contribution in [0.4, 0.5) is 4.79 Å². The molecule has 0 fully saturated rings. The Morgan fingerprint density at radius 3 is 2.29 bits per heavy atom. The molecule has 0 aromatic heterocycles. The number of carbonyl (C=O) groups is 3. The molecule has 1 amide bonds. The summed E-state index contributed by atoms with van der Waals surface area (Å²) in [5.74, 6) is -1.70. The van der Waals surface area contributed by atoms with Crippen LogP contribution in [0.25, 0.3) is 0 Å². The fourth-order valence-electron chi connectivity index (χ4n) is 1.73. The van der Waals surface area contributed by atoms with Crippen molar-refractivity contribution < 1.29 is 29.0 Å². The van der Waals surface area contributed by atoms with E-state index in [1.807, 2.05) is 30.3 Å². The summed E-state index contributed by atoms with van der Waals surface area (Å²) in [7, 11) is 0. The van der Waals surface area contributed by atoms with Gasteiger partial charge in [-0.3, -0.25) is 14.5 Å². The first kappa shape index (κ1) is 19.5. The van der Waals surface area contributed by atoms with Crippen LogP contribution in [-0.4, -0.2) is 46.7 Å². The Labute approximate surface area is 141 Å². The fourth-order valence-corrected chi connectivity index (χ4v) is 1.73. The summed E-state index contributed by atoms with van der Waals surface area (Å²) < 4.78 is 10.3. The molecular weight excluding hydrogens is 314 g/mol. The van der Waals surface area contributed by atoms with Crippen LogP contribution in [0.5, 0.6) is 0 Å². The fraction of sp³-hybridized carbons (Fsp3) is 0.471. The molecule has 1 rings (SSSR count). The van der Waals surface area contributed by atoms with Gasteiger partial charge < -0.3 is 14.6 Å². The molecule has 0 saturated heterocycles. The van der Waals surface area contributed by atoms with Crippen LogP contribution in [-0.2, 0) is 25.7 Å². The molecule has 0 saturated carbocycles. The number of amides is 1. The van der Waals surface area contributed by atoms with E-state index in [1.165, 1.54) is 0 Å². The van der Waals surface area contributed by atoms with Crippen molar-refractivity contribution in [1.82, 2.24) is 4.90 Å². The predicted octanol–water partition coefficient (Wildman–Crippen LogP) is 2.44. The number of carbonyl (C=O) groups excluding carboxylic acids is 2. The summed E-state index contributed by atoms with van der Waals surface area (Å²) in [5, 5.41) is 8.77. The second-order valence-electron chi connectivity index (χ2n) is 6.19.